The zero-order valence-electron chi connectivity index (χ0n) is 10.9. The van der Waals surface area contributed by atoms with Gasteiger partial charge in [0.25, 0.3) is 0 Å². The maximum atomic E-state index is 12.2. The Morgan fingerprint density at radius 1 is 1.44 bits per heavy atom. The molecule has 18 heavy (non-hydrogen) atoms. The zero-order chi connectivity index (χ0) is 12.5. The molecule has 2 aliphatic rings. The Morgan fingerprint density at radius 2 is 2.17 bits per heavy atom. The first-order valence-corrected chi connectivity index (χ1v) is 7.96. The van der Waals surface area contributed by atoms with E-state index in [1.54, 1.807) is 11.3 Å². The highest BCUT2D eigenvalue weighted by Crippen LogP contribution is 2.55. The van der Waals surface area contributed by atoms with Crippen molar-refractivity contribution in [2.24, 2.45) is 17.8 Å². The topological polar surface area (TPSA) is 29.1 Å². The van der Waals surface area contributed by atoms with Gasteiger partial charge in [0, 0.05) is 23.3 Å². The number of hydrogen-bond acceptors (Lipinski definition) is 2. The second-order valence-corrected chi connectivity index (χ2v) is 6.86. The van der Waals surface area contributed by atoms with Gasteiger partial charge in [0.2, 0.25) is 5.91 Å². The SMILES string of the molecule is C[C@@H](Cc1cccs1)NC(=O)C1[C@H]2CCCC[C@@H]12. The van der Waals surface area contributed by atoms with Crippen LogP contribution in [-0.4, -0.2) is 11.9 Å². The summed E-state index contributed by atoms with van der Waals surface area (Å²) >= 11 is 1.77. The normalized spacial score (nSPS) is 31.5. The van der Waals surface area contributed by atoms with Crippen LogP contribution in [0.2, 0.25) is 0 Å². The van der Waals surface area contributed by atoms with Gasteiger partial charge in [-0.05, 0) is 43.0 Å². The molecule has 1 amide bonds. The summed E-state index contributed by atoms with van der Waals surface area (Å²) in [4.78, 5) is 13.6. The molecule has 2 fully saturated rings. The summed E-state index contributed by atoms with van der Waals surface area (Å²) < 4.78 is 0. The first kappa shape index (κ1) is 12.2. The largest absolute Gasteiger partial charge is 0.353 e. The van der Waals surface area contributed by atoms with Gasteiger partial charge in [0.15, 0.2) is 0 Å². The van der Waals surface area contributed by atoms with Crippen LogP contribution >= 0.6 is 11.3 Å². The Hall–Kier alpha value is -0.830. The van der Waals surface area contributed by atoms with Gasteiger partial charge >= 0.3 is 0 Å². The third kappa shape index (κ3) is 2.46. The van der Waals surface area contributed by atoms with Gasteiger partial charge in [-0.25, -0.2) is 0 Å². The number of thiophene rings is 1. The maximum absolute atomic E-state index is 12.2. The second-order valence-electron chi connectivity index (χ2n) is 5.83. The molecule has 2 nitrogen and oxygen atoms in total. The van der Waals surface area contributed by atoms with E-state index in [9.17, 15) is 4.79 Å². The lowest BCUT2D eigenvalue weighted by Gasteiger charge is -2.12. The fraction of sp³-hybridized carbons (Fsp3) is 0.667. The predicted molar refractivity (Wildman–Crippen MR) is 74.6 cm³/mol. The predicted octanol–water partition coefficient (Wildman–Crippen LogP) is 3.23. The number of hydrogen-bond donors (Lipinski definition) is 1. The van der Waals surface area contributed by atoms with Crippen LogP contribution in [0.25, 0.3) is 0 Å². The van der Waals surface area contributed by atoms with E-state index in [1.807, 2.05) is 0 Å². The molecule has 4 atom stereocenters. The first-order chi connectivity index (χ1) is 8.75. The van der Waals surface area contributed by atoms with Gasteiger partial charge in [-0.2, -0.15) is 0 Å². The molecular formula is C15H21NOS. The molecule has 1 aromatic heterocycles. The molecular weight excluding hydrogens is 242 g/mol. The van der Waals surface area contributed by atoms with Crippen molar-refractivity contribution in [3.05, 3.63) is 22.4 Å². The third-order valence-electron chi connectivity index (χ3n) is 4.44. The molecule has 98 valence electrons. The highest BCUT2D eigenvalue weighted by Gasteiger charge is 2.54. The van der Waals surface area contributed by atoms with Crippen molar-refractivity contribution in [2.75, 3.05) is 0 Å². The zero-order valence-corrected chi connectivity index (χ0v) is 11.7. The molecule has 0 aliphatic heterocycles. The number of carbonyl (C=O) groups excluding carboxylic acids is 1. The van der Waals surface area contributed by atoms with Crippen molar-refractivity contribution in [2.45, 2.75) is 45.1 Å². The number of rotatable bonds is 4. The lowest BCUT2D eigenvalue weighted by Crippen LogP contribution is -2.35. The minimum atomic E-state index is 0.263. The summed E-state index contributed by atoms with van der Waals surface area (Å²) in [7, 11) is 0. The van der Waals surface area contributed by atoms with E-state index in [0.29, 0.717) is 23.7 Å². The van der Waals surface area contributed by atoms with E-state index < -0.39 is 0 Å². The quantitative estimate of drug-likeness (QED) is 0.888. The van der Waals surface area contributed by atoms with Crippen molar-refractivity contribution >= 4 is 17.2 Å². The van der Waals surface area contributed by atoms with Crippen LogP contribution in [0.3, 0.4) is 0 Å². The average Bonchev–Trinajstić information content (AvgIpc) is 2.87. The summed E-state index contributed by atoms with van der Waals surface area (Å²) in [6.07, 6.45) is 6.18. The standard InChI is InChI=1S/C15H21NOS/c1-10(9-11-5-4-8-18-11)16-15(17)14-12-6-2-3-7-13(12)14/h4-5,8,10,12-14H,2-3,6-7,9H2,1H3,(H,16,17)/t10-,12-,13+,14?/m0/s1. The Bertz CT molecular complexity index is 402. The van der Waals surface area contributed by atoms with Crippen LogP contribution in [0.4, 0.5) is 0 Å². The van der Waals surface area contributed by atoms with Gasteiger partial charge in [0.05, 0.1) is 0 Å². The van der Waals surface area contributed by atoms with Crippen LogP contribution in [0, 0.1) is 17.8 Å². The summed E-state index contributed by atoms with van der Waals surface area (Å²) in [5, 5.41) is 5.30. The van der Waals surface area contributed by atoms with Crippen molar-refractivity contribution in [3.8, 4) is 0 Å². The van der Waals surface area contributed by atoms with E-state index in [-0.39, 0.29) is 6.04 Å². The summed E-state index contributed by atoms with van der Waals surface area (Å²) in [6, 6.07) is 4.48. The minimum Gasteiger partial charge on any atom is -0.353 e. The Morgan fingerprint density at radius 3 is 2.78 bits per heavy atom. The molecule has 0 aromatic carbocycles. The van der Waals surface area contributed by atoms with Gasteiger partial charge in [-0.3, -0.25) is 4.79 Å². The Balaban J connectivity index is 1.49. The number of amides is 1. The molecule has 0 radical (unpaired) electrons. The average molecular weight is 263 g/mol. The van der Waals surface area contributed by atoms with Gasteiger partial charge < -0.3 is 5.32 Å². The van der Waals surface area contributed by atoms with Crippen molar-refractivity contribution in [1.29, 1.82) is 0 Å². The van der Waals surface area contributed by atoms with Crippen LogP contribution in [-0.2, 0) is 11.2 Å². The minimum absolute atomic E-state index is 0.263. The van der Waals surface area contributed by atoms with E-state index in [2.05, 4.69) is 29.8 Å². The molecule has 1 heterocycles. The molecule has 0 saturated heterocycles. The molecule has 0 bridgehead atoms. The molecule has 1 aromatic rings. The molecule has 3 rings (SSSR count). The molecule has 1 N–H and O–H groups in total. The molecule has 3 heteroatoms. The van der Waals surface area contributed by atoms with E-state index in [4.69, 9.17) is 0 Å². The summed E-state index contributed by atoms with van der Waals surface area (Å²) in [5.74, 6) is 2.09. The summed E-state index contributed by atoms with van der Waals surface area (Å²) in [5.41, 5.74) is 0. The Labute approximate surface area is 113 Å². The van der Waals surface area contributed by atoms with Crippen LogP contribution in [0.5, 0.6) is 0 Å². The number of fused-ring (bicyclic) bond motifs is 1. The first-order valence-electron chi connectivity index (χ1n) is 7.08. The highest BCUT2D eigenvalue weighted by atomic mass is 32.1. The van der Waals surface area contributed by atoms with Crippen LogP contribution in [0.15, 0.2) is 17.5 Å². The van der Waals surface area contributed by atoms with Crippen molar-refractivity contribution < 1.29 is 4.79 Å². The van der Waals surface area contributed by atoms with Crippen LogP contribution < -0.4 is 5.32 Å². The van der Waals surface area contributed by atoms with E-state index in [1.165, 1.54) is 30.6 Å². The van der Waals surface area contributed by atoms with Crippen molar-refractivity contribution in [1.82, 2.24) is 5.32 Å². The second kappa shape index (κ2) is 5.04. The smallest absolute Gasteiger partial charge is 0.223 e. The third-order valence-corrected chi connectivity index (χ3v) is 5.33. The van der Waals surface area contributed by atoms with Gasteiger partial charge in [0.1, 0.15) is 0 Å². The lowest BCUT2D eigenvalue weighted by molar-refractivity contribution is -0.123. The van der Waals surface area contributed by atoms with Crippen LogP contribution in [0.1, 0.15) is 37.5 Å². The molecule has 1 unspecified atom stereocenters. The van der Waals surface area contributed by atoms with Crippen molar-refractivity contribution in [3.63, 3.8) is 0 Å². The molecule has 0 spiro atoms. The van der Waals surface area contributed by atoms with Gasteiger partial charge in [-0.1, -0.05) is 18.9 Å². The number of carbonyl (C=O) groups is 1. The Kier molecular flexibility index (Phi) is 3.42. The monoisotopic (exact) mass is 263 g/mol. The molecule has 2 aliphatic carbocycles. The highest BCUT2D eigenvalue weighted by molar-refractivity contribution is 7.09. The number of nitrogens with one attached hydrogen (secondary N) is 1. The lowest BCUT2D eigenvalue weighted by atomic mass is 10.0. The fourth-order valence-corrected chi connectivity index (χ4v) is 4.34. The van der Waals surface area contributed by atoms with Gasteiger partial charge in [-0.15, -0.1) is 11.3 Å². The molecule has 2 saturated carbocycles. The maximum Gasteiger partial charge on any atom is 0.223 e. The van der Waals surface area contributed by atoms with E-state index >= 15 is 0 Å². The summed E-state index contributed by atoms with van der Waals surface area (Å²) in [6.45, 7) is 2.11. The fourth-order valence-electron chi connectivity index (χ4n) is 3.50. The van der Waals surface area contributed by atoms with E-state index in [0.717, 1.165) is 6.42 Å².